The van der Waals surface area contributed by atoms with Crippen LogP contribution in [-0.4, -0.2) is 17.6 Å². The molecule has 0 spiro atoms. The lowest BCUT2D eigenvalue weighted by molar-refractivity contribution is 0.0543. The molecule has 0 unspecified atom stereocenters. The summed E-state index contributed by atoms with van der Waals surface area (Å²) in [5.74, 6) is -0.137. The molecule has 0 aliphatic rings. The van der Waals surface area contributed by atoms with Crippen LogP contribution in [0.3, 0.4) is 0 Å². The number of carbonyl (C=O) groups is 1. The zero-order valence-electron chi connectivity index (χ0n) is 9.47. The lowest BCUT2D eigenvalue weighted by Crippen LogP contribution is -2.17. The fraction of sp³-hybridized carbons (Fsp3) is 0.455. The zero-order chi connectivity index (χ0) is 12.1. The molecule has 16 heavy (non-hydrogen) atoms. The van der Waals surface area contributed by atoms with Crippen LogP contribution in [0.15, 0.2) is 18.0 Å². The molecule has 1 rings (SSSR count). The van der Waals surface area contributed by atoms with Gasteiger partial charge >= 0.3 is 5.97 Å². The second kappa shape index (κ2) is 5.77. The van der Waals surface area contributed by atoms with Gasteiger partial charge in [-0.2, -0.15) is 0 Å². The van der Waals surface area contributed by atoms with E-state index in [1.165, 1.54) is 17.4 Å². The second-order valence-corrected chi connectivity index (χ2v) is 4.62. The van der Waals surface area contributed by atoms with Gasteiger partial charge in [0, 0.05) is 5.38 Å². The molecule has 1 aromatic heterocycles. The first-order chi connectivity index (χ1) is 7.56. The number of rotatable bonds is 5. The molecule has 0 bridgehead atoms. The first-order valence-corrected chi connectivity index (χ1v) is 5.93. The van der Waals surface area contributed by atoms with E-state index in [4.69, 9.17) is 10.5 Å². The van der Waals surface area contributed by atoms with Gasteiger partial charge in [-0.1, -0.05) is 26.5 Å². The number of hydrogen-bond acceptors (Lipinski definition) is 5. The number of ether oxygens (including phenoxy) is 1. The van der Waals surface area contributed by atoms with Crippen LogP contribution in [0.1, 0.15) is 35.4 Å². The van der Waals surface area contributed by atoms with E-state index in [1.54, 1.807) is 5.38 Å². The van der Waals surface area contributed by atoms with Crippen molar-refractivity contribution in [2.45, 2.75) is 19.9 Å². The molecule has 88 valence electrons. The van der Waals surface area contributed by atoms with Gasteiger partial charge in [0.05, 0.1) is 6.04 Å². The molecule has 0 amide bonds. The molecule has 0 fully saturated rings. The number of carbonyl (C=O) groups excluding carboxylic acids is 1. The Morgan fingerprint density at radius 2 is 2.44 bits per heavy atom. The Bertz CT molecular complexity index is 374. The maximum Gasteiger partial charge on any atom is 0.358 e. The van der Waals surface area contributed by atoms with Crippen LogP contribution in [0.5, 0.6) is 0 Å². The summed E-state index contributed by atoms with van der Waals surface area (Å²) in [6.45, 7) is 7.70. The SMILES string of the molecule is C=CCOC(=O)c1csc([C@@H](N)C(C)C)n1. The van der Waals surface area contributed by atoms with Gasteiger partial charge in [-0.25, -0.2) is 9.78 Å². The summed E-state index contributed by atoms with van der Waals surface area (Å²) in [4.78, 5) is 15.6. The van der Waals surface area contributed by atoms with Crippen molar-refractivity contribution in [1.82, 2.24) is 4.98 Å². The zero-order valence-corrected chi connectivity index (χ0v) is 10.3. The number of nitrogens with two attached hydrogens (primary N) is 1. The number of nitrogens with zero attached hydrogens (tertiary/aromatic N) is 1. The van der Waals surface area contributed by atoms with Crippen LogP contribution in [0, 0.1) is 5.92 Å². The van der Waals surface area contributed by atoms with Crippen molar-refractivity contribution < 1.29 is 9.53 Å². The monoisotopic (exact) mass is 240 g/mol. The van der Waals surface area contributed by atoms with Gasteiger partial charge in [0.2, 0.25) is 0 Å². The van der Waals surface area contributed by atoms with Crippen molar-refractivity contribution >= 4 is 17.3 Å². The summed E-state index contributed by atoms with van der Waals surface area (Å²) >= 11 is 1.38. The van der Waals surface area contributed by atoms with E-state index in [-0.39, 0.29) is 12.6 Å². The minimum absolute atomic E-state index is 0.133. The van der Waals surface area contributed by atoms with Crippen molar-refractivity contribution in [2.75, 3.05) is 6.61 Å². The summed E-state index contributed by atoms with van der Waals surface area (Å²) in [6.07, 6.45) is 1.52. The molecule has 4 nitrogen and oxygen atoms in total. The summed E-state index contributed by atoms with van der Waals surface area (Å²) < 4.78 is 4.88. The summed E-state index contributed by atoms with van der Waals surface area (Å²) in [5.41, 5.74) is 6.25. The third kappa shape index (κ3) is 3.15. The van der Waals surface area contributed by atoms with Crippen molar-refractivity contribution in [3.8, 4) is 0 Å². The Balaban J connectivity index is 2.70. The predicted molar refractivity (Wildman–Crippen MR) is 64.4 cm³/mol. The van der Waals surface area contributed by atoms with E-state index in [9.17, 15) is 4.79 Å². The molecule has 2 N–H and O–H groups in total. The van der Waals surface area contributed by atoms with Crippen LogP contribution in [0.2, 0.25) is 0 Å². The van der Waals surface area contributed by atoms with Gasteiger partial charge in [0.25, 0.3) is 0 Å². The normalized spacial score (nSPS) is 12.5. The Hall–Kier alpha value is -1.20. The standard InChI is InChI=1S/C11H16N2O2S/c1-4-5-15-11(14)8-6-16-10(13-8)9(12)7(2)3/h4,6-7,9H,1,5,12H2,2-3H3/t9-/m0/s1. The van der Waals surface area contributed by atoms with Crippen LogP contribution >= 0.6 is 11.3 Å². The summed E-state index contributed by atoms with van der Waals surface area (Å²) in [5, 5.41) is 2.43. The molecular weight excluding hydrogens is 224 g/mol. The minimum atomic E-state index is -0.432. The lowest BCUT2D eigenvalue weighted by atomic mass is 10.1. The smallest absolute Gasteiger partial charge is 0.358 e. The molecule has 0 aliphatic heterocycles. The van der Waals surface area contributed by atoms with E-state index < -0.39 is 5.97 Å². The van der Waals surface area contributed by atoms with Crippen LogP contribution < -0.4 is 5.73 Å². The van der Waals surface area contributed by atoms with E-state index in [2.05, 4.69) is 11.6 Å². The average Bonchev–Trinajstić information content (AvgIpc) is 2.73. The van der Waals surface area contributed by atoms with Crippen molar-refractivity contribution in [2.24, 2.45) is 11.7 Å². The van der Waals surface area contributed by atoms with Gasteiger partial charge in [0.1, 0.15) is 11.6 Å². The summed E-state index contributed by atoms with van der Waals surface area (Å²) in [7, 11) is 0. The van der Waals surface area contributed by atoms with Crippen molar-refractivity contribution in [3.63, 3.8) is 0 Å². The number of aromatic nitrogens is 1. The molecule has 0 aromatic carbocycles. The highest BCUT2D eigenvalue weighted by Crippen LogP contribution is 2.22. The Kier molecular flexibility index (Phi) is 4.64. The Labute approximate surface area is 99.1 Å². The van der Waals surface area contributed by atoms with E-state index in [0.717, 1.165) is 5.01 Å². The predicted octanol–water partition coefficient (Wildman–Crippen LogP) is 2.14. The number of thiazole rings is 1. The van der Waals surface area contributed by atoms with Gasteiger partial charge in [-0.15, -0.1) is 11.3 Å². The van der Waals surface area contributed by atoms with Gasteiger partial charge < -0.3 is 10.5 Å². The Morgan fingerprint density at radius 3 is 3.00 bits per heavy atom. The van der Waals surface area contributed by atoms with Crippen molar-refractivity contribution in [3.05, 3.63) is 28.7 Å². The van der Waals surface area contributed by atoms with E-state index >= 15 is 0 Å². The van der Waals surface area contributed by atoms with Crippen LogP contribution in [0.4, 0.5) is 0 Å². The van der Waals surface area contributed by atoms with Gasteiger partial charge in [0.15, 0.2) is 5.69 Å². The van der Waals surface area contributed by atoms with E-state index in [0.29, 0.717) is 11.6 Å². The summed E-state index contributed by atoms with van der Waals surface area (Å²) in [6, 6.07) is -0.133. The maximum atomic E-state index is 11.4. The van der Waals surface area contributed by atoms with Crippen molar-refractivity contribution in [1.29, 1.82) is 0 Å². The van der Waals surface area contributed by atoms with Gasteiger partial charge in [-0.3, -0.25) is 0 Å². The lowest BCUT2D eigenvalue weighted by Gasteiger charge is -2.11. The molecule has 0 aliphatic carbocycles. The number of hydrogen-bond donors (Lipinski definition) is 1. The highest BCUT2D eigenvalue weighted by atomic mass is 32.1. The average molecular weight is 240 g/mol. The molecule has 1 aromatic rings. The molecule has 1 heterocycles. The maximum absolute atomic E-state index is 11.4. The topological polar surface area (TPSA) is 65.2 Å². The highest BCUT2D eigenvalue weighted by Gasteiger charge is 2.17. The molecule has 1 atom stereocenters. The first kappa shape index (κ1) is 12.9. The quantitative estimate of drug-likeness (QED) is 0.632. The largest absolute Gasteiger partial charge is 0.457 e. The molecule has 0 radical (unpaired) electrons. The van der Waals surface area contributed by atoms with Crippen LogP contribution in [-0.2, 0) is 4.74 Å². The van der Waals surface area contributed by atoms with Gasteiger partial charge in [-0.05, 0) is 5.92 Å². The second-order valence-electron chi connectivity index (χ2n) is 3.73. The third-order valence-corrected chi connectivity index (χ3v) is 3.01. The number of esters is 1. The molecular formula is C11H16N2O2S. The molecule has 0 saturated heterocycles. The molecule has 5 heteroatoms. The van der Waals surface area contributed by atoms with Crippen LogP contribution in [0.25, 0.3) is 0 Å². The molecule has 0 saturated carbocycles. The highest BCUT2D eigenvalue weighted by molar-refractivity contribution is 7.09. The first-order valence-electron chi connectivity index (χ1n) is 5.05. The fourth-order valence-electron chi connectivity index (χ4n) is 1.03. The third-order valence-electron chi connectivity index (χ3n) is 2.07. The van der Waals surface area contributed by atoms with E-state index in [1.807, 2.05) is 13.8 Å². The Morgan fingerprint density at radius 1 is 1.75 bits per heavy atom. The minimum Gasteiger partial charge on any atom is -0.457 e. The fourth-order valence-corrected chi connectivity index (χ4v) is 1.99.